The molecule has 164 valence electrons. The molecule has 0 unspecified atom stereocenters. The molecule has 1 atom stereocenters. The Labute approximate surface area is 185 Å². The normalized spacial score (nSPS) is 15.9. The number of aryl methyl sites for hydroxylation is 1. The maximum Gasteiger partial charge on any atom is 0.256 e. The third-order valence-corrected chi connectivity index (χ3v) is 5.58. The van der Waals surface area contributed by atoms with Crippen LogP contribution in [0.2, 0.25) is 0 Å². The maximum absolute atomic E-state index is 13.0. The molecular formula is C24H24FN5O2. The number of amides is 2. The van der Waals surface area contributed by atoms with Gasteiger partial charge in [-0.25, -0.2) is 14.4 Å². The van der Waals surface area contributed by atoms with Gasteiger partial charge in [-0.15, -0.1) is 0 Å². The van der Waals surface area contributed by atoms with Crippen molar-refractivity contribution in [1.82, 2.24) is 25.2 Å². The molecule has 1 aliphatic rings. The highest BCUT2D eigenvalue weighted by Crippen LogP contribution is 2.30. The minimum absolute atomic E-state index is 0.0924. The summed E-state index contributed by atoms with van der Waals surface area (Å²) in [4.78, 5) is 40.5. The number of hydrogen-bond acceptors (Lipinski definition) is 5. The Morgan fingerprint density at radius 3 is 2.69 bits per heavy atom. The average molecular weight is 433 g/mol. The molecule has 3 aromatic rings. The largest absolute Gasteiger partial charge is 0.348 e. The molecule has 0 radical (unpaired) electrons. The fourth-order valence-electron chi connectivity index (χ4n) is 3.85. The van der Waals surface area contributed by atoms with E-state index in [4.69, 9.17) is 0 Å². The smallest absolute Gasteiger partial charge is 0.256 e. The first kappa shape index (κ1) is 21.5. The second-order valence-electron chi connectivity index (χ2n) is 7.79. The van der Waals surface area contributed by atoms with Crippen LogP contribution in [0.25, 0.3) is 0 Å². The Kier molecular flexibility index (Phi) is 6.49. The molecule has 8 heteroatoms. The lowest BCUT2D eigenvalue weighted by molar-refractivity contribution is 0.0598. The van der Waals surface area contributed by atoms with Crippen LogP contribution in [0.5, 0.6) is 0 Å². The van der Waals surface area contributed by atoms with Crippen molar-refractivity contribution in [2.75, 3.05) is 6.54 Å². The first-order valence-electron chi connectivity index (χ1n) is 10.6. The molecule has 0 aliphatic carbocycles. The zero-order chi connectivity index (χ0) is 22.5. The van der Waals surface area contributed by atoms with Crippen molar-refractivity contribution in [2.45, 2.75) is 38.8 Å². The summed E-state index contributed by atoms with van der Waals surface area (Å²) < 4.78 is 13.0. The van der Waals surface area contributed by atoms with Crippen molar-refractivity contribution in [3.05, 3.63) is 89.0 Å². The first-order valence-corrected chi connectivity index (χ1v) is 10.6. The molecule has 4 rings (SSSR count). The summed E-state index contributed by atoms with van der Waals surface area (Å²) in [5, 5.41) is 2.81. The number of likely N-dealkylation sites (tertiary alicyclic amines) is 1. The van der Waals surface area contributed by atoms with E-state index < -0.39 is 0 Å². The van der Waals surface area contributed by atoms with Gasteiger partial charge in [-0.2, -0.15) is 0 Å². The number of carbonyl (C=O) groups excluding carboxylic acids is 2. The second-order valence-corrected chi connectivity index (χ2v) is 7.79. The van der Waals surface area contributed by atoms with Gasteiger partial charge in [0.1, 0.15) is 5.82 Å². The number of nitrogens with zero attached hydrogens (tertiary/aromatic N) is 4. The Bertz CT molecular complexity index is 1110. The number of piperidine rings is 1. The van der Waals surface area contributed by atoms with Gasteiger partial charge in [0, 0.05) is 31.7 Å². The van der Waals surface area contributed by atoms with Crippen molar-refractivity contribution >= 4 is 11.8 Å². The Balaban J connectivity index is 1.49. The van der Waals surface area contributed by atoms with Crippen LogP contribution in [0.4, 0.5) is 4.39 Å². The van der Waals surface area contributed by atoms with E-state index in [1.54, 1.807) is 48.5 Å². The Morgan fingerprint density at radius 2 is 1.97 bits per heavy atom. The van der Waals surface area contributed by atoms with Crippen LogP contribution < -0.4 is 5.32 Å². The number of halogens is 1. The number of hydrogen-bond donors (Lipinski definition) is 1. The summed E-state index contributed by atoms with van der Waals surface area (Å²) in [6.07, 6.45) is 7.38. The number of benzene rings is 1. The molecular weight excluding hydrogens is 409 g/mol. The zero-order valence-corrected chi connectivity index (χ0v) is 17.8. The van der Waals surface area contributed by atoms with Gasteiger partial charge in [-0.3, -0.25) is 14.6 Å². The molecule has 1 N–H and O–H groups in total. The third-order valence-electron chi connectivity index (χ3n) is 5.58. The van der Waals surface area contributed by atoms with Gasteiger partial charge < -0.3 is 10.2 Å². The number of nitrogens with one attached hydrogen (secondary N) is 1. The maximum atomic E-state index is 13.0. The van der Waals surface area contributed by atoms with Crippen molar-refractivity contribution in [3.63, 3.8) is 0 Å². The second kappa shape index (κ2) is 9.64. The molecule has 3 heterocycles. The third kappa shape index (κ3) is 4.80. The van der Waals surface area contributed by atoms with Gasteiger partial charge in [-0.1, -0.05) is 12.1 Å². The molecule has 0 spiro atoms. The summed E-state index contributed by atoms with van der Waals surface area (Å²) in [6.45, 7) is 2.66. The predicted octanol–water partition coefficient (Wildman–Crippen LogP) is 3.62. The topological polar surface area (TPSA) is 88.1 Å². The van der Waals surface area contributed by atoms with Crippen LogP contribution in [0.1, 0.15) is 63.1 Å². The van der Waals surface area contributed by atoms with Crippen LogP contribution in [0, 0.1) is 12.7 Å². The van der Waals surface area contributed by atoms with Gasteiger partial charge in [0.15, 0.2) is 5.82 Å². The monoisotopic (exact) mass is 433 g/mol. The van der Waals surface area contributed by atoms with Gasteiger partial charge in [-0.05, 0) is 56.0 Å². The van der Waals surface area contributed by atoms with Crippen molar-refractivity contribution in [1.29, 1.82) is 0 Å². The minimum atomic E-state index is -0.321. The molecule has 7 nitrogen and oxygen atoms in total. The van der Waals surface area contributed by atoms with Crippen LogP contribution in [0.15, 0.2) is 55.0 Å². The van der Waals surface area contributed by atoms with Gasteiger partial charge >= 0.3 is 0 Å². The standard InChI is InChI=1S/C24H24FN5O2/c1-16-20(23(31)28-13-17-7-9-19(25)10-8-17)15-27-22(29-16)21-6-2-3-12-30(21)24(32)18-5-4-11-26-14-18/h4-5,7-11,14-15,21H,2-3,6,12-13H2,1H3,(H,28,31)/t21-/m1/s1. The highest BCUT2D eigenvalue weighted by molar-refractivity contribution is 5.95. The van der Waals surface area contributed by atoms with E-state index in [0.29, 0.717) is 29.2 Å². The lowest BCUT2D eigenvalue weighted by Gasteiger charge is -2.34. The van der Waals surface area contributed by atoms with Crippen molar-refractivity contribution < 1.29 is 14.0 Å². The molecule has 1 fully saturated rings. The Hall–Kier alpha value is -3.68. The van der Waals surface area contributed by atoms with E-state index in [2.05, 4.69) is 20.3 Å². The highest BCUT2D eigenvalue weighted by Gasteiger charge is 2.31. The van der Waals surface area contributed by atoms with Crippen LogP contribution in [0.3, 0.4) is 0 Å². The van der Waals surface area contributed by atoms with Gasteiger partial charge in [0.25, 0.3) is 11.8 Å². The fourth-order valence-corrected chi connectivity index (χ4v) is 3.85. The highest BCUT2D eigenvalue weighted by atomic mass is 19.1. The molecule has 2 aromatic heterocycles. The average Bonchev–Trinajstić information content (AvgIpc) is 2.83. The summed E-state index contributed by atoms with van der Waals surface area (Å²) in [5.41, 5.74) is 2.25. The number of aromatic nitrogens is 3. The number of pyridine rings is 1. The lowest BCUT2D eigenvalue weighted by atomic mass is 10.00. The quantitative estimate of drug-likeness (QED) is 0.664. The van der Waals surface area contributed by atoms with Gasteiger partial charge in [0.05, 0.1) is 22.9 Å². The number of rotatable bonds is 5. The summed E-state index contributed by atoms with van der Waals surface area (Å²) >= 11 is 0. The fraction of sp³-hybridized carbons (Fsp3) is 0.292. The van der Waals surface area contributed by atoms with Crippen molar-refractivity contribution in [3.8, 4) is 0 Å². The van der Waals surface area contributed by atoms with E-state index in [9.17, 15) is 14.0 Å². The molecule has 1 saturated heterocycles. The molecule has 2 amide bonds. The van der Waals surface area contributed by atoms with E-state index in [0.717, 1.165) is 24.8 Å². The van der Waals surface area contributed by atoms with Crippen LogP contribution >= 0.6 is 0 Å². The summed E-state index contributed by atoms with van der Waals surface area (Å²) in [6, 6.07) is 9.21. The van der Waals surface area contributed by atoms with E-state index >= 15 is 0 Å². The van der Waals surface area contributed by atoms with Crippen molar-refractivity contribution in [2.24, 2.45) is 0 Å². The molecule has 1 aromatic carbocycles. The van der Waals surface area contributed by atoms with E-state index in [1.807, 2.05) is 0 Å². The molecule has 0 saturated carbocycles. The minimum Gasteiger partial charge on any atom is -0.348 e. The van der Waals surface area contributed by atoms with Gasteiger partial charge in [0.2, 0.25) is 0 Å². The van der Waals surface area contributed by atoms with E-state index in [-0.39, 0.29) is 30.2 Å². The molecule has 32 heavy (non-hydrogen) atoms. The molecule has 1 aliphatic heterocycles. The zero-order valence-electron chi connectivity index (χ0n) is 17.8. The van der Waals surface area contributed by atoms with Crippen LogP contribution in [-0.2, 0) is 6.54 Å². The Morgan fingerprint density at radius 1 is 1.16 bits per heavy atom. The molecule has 0 bridgehead atoms. The number of carbonyl (C=O) groups is 2. The summed E-state index contributed by atoms with van der Waals surface area (Å²) in [5.74, 6) is -0.177. The summed E-state index contributed by atoms with van der Waals surface area (Å²) in [7, 11) is 0. The lowest BCUT2D eigenvalue weighted by Crippen LogP contribution is -2.39. The SMILES string of the molecule is Cc1nc([C@H]2CCCCN2C(=O)c2cccnc2)ncc1C(=O)NCc1ccc(F)cc1. The van der Waals surface area contributed by atoms with E-state index in [1.165, 1.54) is 18.3 Å². The van der Waals surface area contributed by atoms with Crippen LogP contribution in [-0.4, -0.2) is 38.2 Å². The predicted molar refractivity (Wildman–Crippen MR) is 116 cm³/mol. The first-order chi connectivity index (χ1) is 15.5.